The Labute approximate surface area is 184 Å². The minimum absolute atomic E-state index is 0.299. The molecule has 4 aromatic rings. The molecule has 162 valence electrons. The lowest BCUT2D eigenvalue weighted by Gasteiger charge is -2.35. The lowest BCUT2D eigenvalue weighted by atomic mass is 10.1. The Morgan fingerprint density at radius 2 is 2.09 bits per heavy atom. The monoisotopic (exact) mass is 430 g/mol. The van der Waals surface area contributed by atoms with Crippen LogP contribution in [0.1, 0.15) is 18.5 Å². The molecule has 32 heavy (non-hydrogen) atoms. The van der Waals surface area contributed by atoms with Gasteiger partial charge in [0.05, 0.1) is 23.8 Å². The molecular weight excluding hydrogens is 407 g/mol. The zero-order chi connectivity index (χ0) is 21.5. The van der Waals surface area contributed by atoms with Crippen LogP contribution in [0.2, 0.25) is 0 Å². The molecule has 1 aliphatic carbocycles. The lowest BCUT2D eigenvalue weighted by Crippen LogP contribution is -2.52. The van der Waals surface area contributed by atoms with Crippen LogP contribution in [0.25, 0.3) is 22.2 Å². The first-order chi connectivity index (χ1) is 15.7. The second-order valence-corrected chi connectivity index (χ2v) is 8.47. The van der Waals surface area contributed by atoms with Crippen LogP contribution in [-0.2, 0) is 6.54 Å². The maximum atomic E-state index is 14.4. The van der Waals surface area contributed by atoms with Crippen LogP contribution < -0.4 is 15.5 Å². The van der Waals surface area contributed by atoms with Crippen molar-refractivity contribution in [3.63, 3.8) is 0 Å². The Morgan fingerprint density at radius 3 is 2.97 bits per heavy atom. The number of H-pyrrole nitrogens is 1. The van der Waals surface area contributed by atoms with E-state index in [4.69, 9.17) is 4.98 Å². The predicted molar refractivity (Wildman–Crippen MR) is 121 cm³/mol. The number of fused-ring (bicyclic) bond motifs is 1. The van der Waals surface area contributed by atoms with Crippen LogP contribution in [-0.4, -0.2) is 50.1 Å². The third-order valence-corrected chi connectivity index (χ3v) is 6.31. The number of hydrogen-bond donors (Lipinski definition) is 3. The van der Waals surface area contributed by atoms with Gasteiger partial charge >= 0.3 is 0 Å². The Bertz CT molecular complexity index is 1280. The highest BCUT2D eigenvalue weighted by molar-refractivity contribution is 6.00. The van der Waals surface area contributed by atoms with Crippen molar-refractivity contribution >= 4 is 22.7 Å². The van der Waals surface area contributed by atoms with Crippen LogP contribution in [0, 0.1) is 5.82 Å². The molecule has 0 amide bonds. The Morgan fingerprint density at radius 1 is 1.16 bits per heavy atom. The topological polar surface area (TPSA) is 94.6 Å². The molecule has 1 saturated heterocycles. The second-order valence-electron chi connectivity index (χ2n) is 8.47. The molecule has 8 nitrogen and oxygen atoms in total. The van der Waals surface area contributed by atoms with E-state index >= 15 is 0 Å². The summed E-state index contributed by atoms with van der Waals surface area (Å²) in [5, 5.41) is 7.76. The number of pyridine rings is 2. The standard InChI is InChI=1S/C23H23FN8/c24-18-12-25-7-4-16(18)17-11-27-22-20(17)21(28-14-29-22)26-10-15-2-1-3-19(31-15)32-9-8-30-23(13-32)5-6-23/h1-4,7,11-12,14,30H,5-6,8-10,13H2,(H2,26,27,28,29). The molecule has 2 fully saturated rings. The van der Waals surface area contributed by atoms with Crippen molar-refractivity contribution < 1.29 is 4.39 Å². The molecule has 0 radical (unpaired) electrons. The molecule has 9 heteroatoms. The number of piperazine rings is 1. The quantitative estimate of drug-likeness (QED) is 0.448. The number of aromatic nitrogens is 5. The summed E-state index contributed by atoms with van der Waals surface area (Å²) in [5.41, 5.74) is 3.01. The maximum absolute atomic E-state index is 14.4. The van der Waals surface area contributed by atoms with Gasteiger partial charge in [0.25, 0.3) is 0 Å². The van der Waals surface area contributed by atoms with Gasteiger partial charge in [-0.05, 0) is 31.0 Å². The third kappa shape index (κ3) is 3.44. The van der Waals surface area contributed by atoms with Gasteiger partial charge in [0, 0.05) is 48.7 Å². The molecule has 1 spiro atoms. The summed E-state index contributed by atoms with van der Waals surface area (Å²) in [6.07, 6.45) is 8.51. The zero-order valence-electron chi connectivity index (χ0n) is 17.5. The molecule has 0 atom stereocenters. The van der Waals surface area contributed by atoms with Crippen molar-refractivity contribution in [2.24, 2.45) is 0 Å². The van der Waals surface area contributed by atoms with Gasteiger partial charge in [0.1, 0.15) is 29.4 Å². The summed E-state index contributed by atoms with van der Waals surface area (Å²) in [4.78, 5) is 22.9. The van der Waals surface area contributed by atoms with Crippen LogP contribution in [0.5, 0.6) is 0 Å². The number of anilines is 2. The fourth-order valence-electron chi connectivity index (χ4n) is 4.46. The number of halogens is 1. The van der Waals surface area contributed by atoms with Crippen LogP contribution in [0.15, 0.2) is 49.2 Å². The summed E-state index contributed by atoms with van der Waals surface area (Å²) in [6, 6.07) is 7.78. The van der Waals surface area contributed by atoms with E-state index in [0.29, 0.717) is 34.7 Å². The highest BCUT2D eigenvalue weighted by atomic mass is 19.1. The van der Waals surface area contributed by atoms with Gasteiger partial charge in [-0.25, -0.2) is 19.3 Å². The molecule has 5 heterocycles. The van der Waals surface area contributed by atoms with Gasteiger partial charge in [-0.1, -0.05) is 6.07 Å². The van der Waals surface area contributed by atoms with Crippen LogP contribution in [0.4, 0.5) is 16.0 Å². The van der Waals surface area contributed by atoms with E-state index in [1.54, 1.807) is 18.5 Å². The Hall–Kier alpha value is -3.59. The molecule has 1 aliphatic heterocycles. The Balaban J connectivity index is 1.26. The van der Waals surface area contributed by atoms with Gasteiger partial charge in [-0.2, -0.15) is 0 Å². The highest BCUT2D eigenvalue weighted by Gasteiger charge is 2.45. The van der Waals surface area contributed by atoms with Crippen molar-refractivity contribution in [1.82, 2.24) is 30.2 Å². The largest absolute Gasteiger partial charge is 0.364 e. The van der Waals surface area contributed by atoms with Crippen LogP contribution in [0.3, 0.4) is 0 Å². The average molecular weight is 430 g/mol. The van der Waals surface area contributed by atoms with Gasteiger partial charge in [0.15, 0.2) is 0 Å². The third-order valence-electron chi connectivity index (χ3n) is 6.31. The summed E-state index contributed by atoms with van der Waals surface area (Å²) in [7, 11) is 0. The van der Waals surface area contributed by atoms with E-state index in [0.717, 1.165) is 36.5 Å². The summed E-state index contributed by atoms with van der Waals surface area (Å²) in [5.74, 6) is 1.25. The van der Waals surface area contributed by atoms with Crippen molar-refractivity contribution in [2.75, 3.05) is 29.9 Å². The van der Waals surface area contributed by atoms with E-state index < -0.39 is 0 Å². The molecule has 0 unspecified atom stereocenters. The van der Waals surface area contributed by atoms with Crippen molar-refractivity contribution in [1.29, 1.82) is 0 Å². The number of rotatable bonds is 5. The molecule has 6 rings (SSSR count). The maximum Gasteiger partial charge on any atom is 0.149 e. The van der Waals surface area contributed by atoms with Gasteiger partial charge in [-0.15, -0.1) is 0 Å². The molecule has 1 saturated carbocycles. The van der Waals surface area contributed by atoms with E-state index in [-0.39, 0.29) is 5.82 Å². The highest BCUT2D eigenvalue weighted by Crippen LogP contribution is 2.38. The fourth-order valence-corrected chi connectivity index (χ4v) is 4.46. The van der Waals surface area contributed by atoms with E-state index in [9.17, 15) is 4.39 Å². The molecule has 2 aliphatic rings. The number of hydrogen-bond acceptors (Lipinski definition) is 7. The fraction of sp³-hybridized carbons (Fsp3) is 0.304. The zero-order valence-corrected chi connectivity index (χ0v) is 17.5. The van der Waals surface area contributed by atoms with Gasteiger partial charge in [-0.3, -0.25) is 4.98 Å². The minimum Gasteiger partial charge on any atom is -0.364 e. The molecule has 0 aromatic carbocycles. The predicted octanol–water partition coefficient (Wildman–Crippen LogP) is 3.11. The molecular formula is C23H23FN8. The normalized spacial score (nSPS) is 17.1. The smallest absolute Gasteiger partial charge is 0.149 e. The molecule has 0 bridgehead atoms. The SMILES string of the molecule is Fc1cnccc1-c1c[nH]c2ncnc(NCc3cccc(N4CCNC5(CC5)C4)n3)c12. The van der Waals surface area contributed by atoms with Gasteiger partial charge < -0.3 is 20.5 Å². The Kier molecular flexibility index (Phi) is 4.50. The van der Waals surface area contributed by atoms with Crippen molar-refractivity contribution in [3.05, 3.63) is 60.7 Å². The average Bonchev–Trinajstić information content (AvgIpc) is 3.42. The molecule has 4 aromatic heterocycles. The summed E-state index contributed by atoms with van der Waals surface area (Å²) >= 11 is 0. The number of nitrogens with one attached hydrogen (secondary N) is 3. The number of nitrogens with zero attached hydrogens (tertiary/aromatic N) is 5. The van der Waals surface area contributed by atoms with E-state index in [1.807, 2.05) is 12.1 Å². The minimum atomic E-state index is -0.387. The van der Waals surface area contributed by atoms with Crippen molar-refractivity contribution in [3.8, 4) is 11.1 Å². The first-order valence-electron chi connectivity index (χ1n) is 10.8. The number of aromatic amines is 1. The lowest BCUT2D eigenvalue weighted by molar-refractivity contribution is 0.440. The summed E-state index contributed by atoms with van der Waals surface area (Å²) in [6.45, 7) is 3.46. The summed E-state index contributed by atoms with van der Waals surface area (Å²) < 4.78 is 14.4. The first kappa shape index (κ1) is 19.1. The van der Waals surface area contributed by atoms with E-state index in [2.05, 4.69) is 41.5 Å². The van der Waals surface area contributed by atoms with Crippen molar-refractivity contribution in [2.45, 2.75) is 24.9 Å². The van der Waals surface area contributed by atoms with Crippen LogP contribution >= 0.6 is 0 Å². The first-order valence-corrected chi connectivity index (χ1v) is 10.8. The van der Waals surface area contributed by atoms with E-state index in [1.165, 1.54) is 25.4 Å². The second kappa shape index (κ2) is 7.52. The van der Waals surface area contributed by atoms with Gasteiger partial charge in [0.2, 0.25) is 0 Å². The molecule has 3 N–H and O–H groups in total.